The normalized spacial score (nSPS) is 14.3. The molecule has 180 valence electrons. The molecule has 5 aromatic rings. The lowest BCUT2D eigenvalue weighted by molar-refractivity contribution is 0.602. The molecule has 4 aromatic carbocycles. The molecule has 1 aromatic heterocycles. The highest BCUT2D eigenvalue weighted by molar-refractivity contribution is 7.93. The molecule has 0 bridgehead atoms. The number of nitrogens with one attached hydrogen (secondary N) is 2. The third-order valence-corrected chi connectivity index (χ3v) is 8.10. The van der Waals surface area contributed by atoms with Crippen LogP contribution in [0, 0.1) is 0 Å². The zero-order valence-corrected chi connectivity index (χ0v) is 20.5. The second kappa shape index (κ2) is 9.17. The number of anilines is 2. The third-order valence-electron chi connectivity index (χ3n) is 6.67. The van der Waals surface area contributed by atoms with E-state index in [4.69, 9.17) is 0 Å². The molecule has 0 aliphatic carbocycles. The quantitative estimate of drug-likeness (QED) is 0.291. The Bertz CT molecular complexity index is 1680. The minimum absolute atomic E-state index is 0.268. The average Bonchev–Trinajstić information content (AvgIpc) is 3.57. The van der Waals surface area contributed by atoms with Crippen LogP contribution in [0.2, 0.25) is 0 Å². The summed E-state index contributed by atoms with van der Waals surface area (Å²) in [6.07, 6.45) is 6.12. The summed E-state index contributed by atoms with van der Waals surface area (Å²) >= 11 is 0. The predicted molar refractivity (Wildman–Crippen MR) is 148 cm³/mol. The van der Waals surface area contributed by atoms with Gasteiger partial charge in [-0.1, -0.05) is 72.8 Å². The van der Waals surface area contributed by atoms with E-state index in [0.29, 0.717) is 11.1 Å². The molecule has 1 aliphatic heterocycles. The Hall–Kier alpha value is -4.10. The molecule has 0 amide bonds. The monoisotopic (exact) mass is 494 g/mol. The first-order chi connectivity index (χ1) is 17.6. The predicted octanol–water partition coefficient (Wildman–Crippen LogP) is 6.29. The number of rotatable bonds is 6. The minimum atomic E-state index is -3.84. The number of aromatic nitrogens is 2. The van der Waals surface area contributed by atoms with Gasteiger partial charge in [0, 0.05) is 23.9 Å². The second-order valence-corrected chi connectivity index (χ2v) is 10.7. The van der Waals surface area contributed by atoms with Crippen molar-refractivity contribution in [3.05, 3.63) is 96.2 Å². The van der Waals surface area contributed by atoms with E-state index in [-0.39, 0.29) is 4.90 Å². The SMILES string of the molecule is O=S(=O)(Nc1cc2c(C=Cc3ccccc3)n[nH]c2cc1N1CCCC1)c1cccc2ccccc12. The average molecular weight is 495 g/mol. The van der Waals surface area contributed by atoms with Crippen molar-refractivity contribution in [3.63, 3.8) is 0 Å². The molecule has 0 atom stereocenters. The van der Waals surface area contributed by atoms with E-state index in [2.05, 4.69) is 19.8 Å². The Morgan fingerprint density at radius 3 is 2.42 bits per heavy atom. The Balaban J connectivity index is 1.45. The highest BCUT2D eigenvalue weighted by atomic mass is 32.2. The first-order valence-electron chi connectivity index (χ1n) is 12.1. The number of hydrogen-bond donors (Lipinski definition) is 2. The van der Waals surface area contributed by atoms with Crippen molar-refractivity contribution < 1.29 is 8.42 Å². The van der Waals surface area contributed by atoms with Crippen LogP contribution in [0.5, 0.6) is 0 Å². The van der Waals surface area contributed by atoms with Crippen molar-refractivity contribution in [2.75, 3.05) is 22.7 Å². The number of benzene rings is 4. The molecule has 36 heavy (non-hydrogen) atoms. The fourth-order valence-corrected chi connectivity index (χ4v) is 6.17. The van der Waals surface area contributed by atoms with Crippen LogP contribution in [0.15, 0.2) is 89.8 Å². The van der Waals surface area contributed by atoms with Crippen molar-refractivity contribution in [2.45, 2.75) is 17.7 Å². The molecule has 1 aliphatic rings. The summed E-state index contributed by atoms with van der Waals surface area (Å²) in [5.74, 6) is 0. The number of fused-ring (bicyclic) bond motifs is 2. The largest absolute Gasteiger partial charge is 0.370 e. The Morgan fingerprint density at radius 1 is 0.833 bits per heavy atom. The van der Waals surface area contributed by atoms with Crippen LogP contribution < -0.4 is 9.62 Å². The lowest BCUT2D eigenvalue weighted by Gasteiger charge is -2.22. The van der Waals surface area contributed by atoms with Gasteiger partial charge in [0.15, 0.2) is 0 Å². The number of aromatic amines is 1. The topological polar surface area (TPSA) is 78.1 Å². The van der Waals surface area contributed by atoms with Crippen molar-refractivity contribution in [1.29, 1.82) is 0 Å². The molecule has 6 rings (SSSR count). The van der Waals surface area contributed by atoms with Crippen LogP contribution in [0.1, 0.15) is 24.1 Å². The smallest absolute Gasteiger partial charge is 0.262 e. The Morgan fingerprint density at radius 2 is 1.58 bits per heavy atom. The molecular weight excluding hydrogens is 468 g/mol. The number of hydrogen-bond acceptors (Lipinski definition) is 4. The zero-order valence-electron chi connectivity index (χ0n) is 19.7. The minimum Gasteiger partial charge on any atom is -0.370 e. The fourth-order valence-electron chi connectivity index (χ4n) is 4.87. The van der Waals surface area contributed by atoms with Gasteiger partial charge in [0.1, 0.15) is 0 Å². The van der Waals surface area contributed by atoms with Gasteiger partial charge in [-0.25, -0.2) is 8.42 Å². The van der Waals surface area contributed by atoms with Crippen molar-refractivity contribution >= 4 is 55.2 Å². The number of sulfonamides is 1. The molecule has 1 saturated heterocycles. The maximum atomic E-state index is 13.7. The van der Waals surface area contributed by atoms with E-state index in [1.807, 2.05) is 84.9 Å². The standard InChI is InChI=1S/C29H26N4O2S/c34-36(35,29-14-8-12-22-11-4-5-13-23(22)29)32-27-19-24-25(16-15-21-9-2-1-3-10-21)30-31-26(24)20-28(27)33-17-6-7-18-33/h1-5,8-16,19-20,32H,6-7,17-18H2,(H,30,31). The number of nitrogens with zero attached hydrogens (tertiary/aromatic N) is 2. The van der Waals surface area contributed by atoms with E-state index >= 15 is 0 Å². The summed E-state index contributed by atoms with van der Waals surface area (Å²) in [5, 5.41) is 10.1. The highest BCUT2D eigenvalue weighted by Gasteiger charge is 2.23. The van der Waals surface area contributed by atoms with Gasteiger partial charge < -0.3 is 4.90 Å². The molecular formula is C29H26N4O2S. The Labute approximate surface area is 210 Å². The van der Waals surface area contributed by atoms with Gasteiger partial charge in [0.05, 0.1) is 27.5 Å². The second-order valence-electron chi connectivity index (χ2n) is 9.04. The molecule has 0 radical (unpaired) electrons. The number of H-pyrrole nitrogens is 1. The molecule has 6 nitrogen and oxygen atoms in total. The summed E-state index contributed by atoms with van der Waals surface area (Å²) in [5.41, 5.74) is 4.13. The Kier molecular flexibility index (Phi) is 5.70. The summed E-state index contributed by atoms with van der Waals surface area (Å²) in [4.78, 5) is 2.50. The third kappa shape index (κ3) is 4.22. The van der Waals surface area contributed by atoms with Crippen molar-refractivity contribution in [1.82, 2.24) is 10.2 Å². The van der Waals surface area contributed by atoms with E-state index in [1.54, 1.807) is 12.1 Å². The van der Waals surface area contributed by atoms with Gasteiger partial charge in [-0.15, -0.1) is 0 Å². The van der Waals surface area contributed by atoms with Crippen molar-refractivity contribution in [3.8, 4) is 0 Å². The molecule has 0 spiro atoms. The van der Waals surface area contributed by atoms with E-state index in [1.165, 1.54) is 0 Å². The van der Waals surface area contributed by atoms with Gasteiger partial charge in [0.25, 0.3) is 10.0 Å². The molecule has 2 heterocycles. The molecule has 7 heteroatoms. The first kappa shape index (κ1) is 22.4. The van der Waals surface area contributed by atoms with Gasteiger partial charge in [0.2, 0.25) is 0 Å². The molecule has 1 fully saturated rings. The van der Waals surface area contributed by atoms with E-state index in [9.17, 15) is 8.42 Å². The summed E-state index contributed by atoms with van der Waals surface area (Å²) < 4.78 is 30.3. The van der Waals surface area contributed by atoms with Crippen LogP contribution in [0.4, 0.5) is 11.4 Å². The lowest BCUT2D eigenvalue weighted by Crippen LogP contribution is -2.21. The van der Waals surface area contributed by atoms with Crippen LogP contribution in [0.25, 0.3) is 33.8 Å². The first-order valence-corrected chi connectivity index (χ1v) is 13.6. The summed E-state index contributed by atoms with van der Waals surface area (Å²) in [6, 6.07) is 26.8. The molecule has 2 N–H and O–H groups in total. The maximum absolute atomic E-state index is 13.7. The highest BCUT2D eigenvalue weighted by Crippen LogP contribution is 2.36. The van der Waals surface area contributed by atoms with Crippen molar-refractivity contribution in [2.24, 2.45) is 0 Å². The van der Waals surface area contributed by atoms with Gasteiger partial charge in [-0.05, 0) is 48.1 Å². The lowest BCUT2D eigenvalue weighted by atomic mass is 10.1. The van der Waals surface area contributed by atoms with Crippen LogP contribution >= 0.6 is 0 Å². The van der Waals surface area contributed by atoms with E-state index < -0.39 is 10.0 Å². The fraction of sp³-hybridized carbons (Fsp3) is 0.138. The van der Waals surface area contributed by atoms with Gasteiger partial charge in [-0.2, -0.15) is 5.10 Å². The summed E-state index contributed by atoms with van der Waals surface area (Å²) in [7, 11) is -3.84. The zero-order chi connectivity index (χ0) is 24.5. The van der Waals surface area contributed by atoms with Gasteiger partial charge in [-0.3, -0.25) is 9.82 Å². The summed E-state index contributed by atoms with van der Waals surface area (Å²) in [6.45, 7) is 1.78. The maximum Gasteiger partial charge on any atom is 0.262 e. The van der Waals surface area contributed by atoms with E-state index in [0.717, 1.165) is 59.2 Å². The van der Waals surface area contributed by atoms with Crippen LogP contribution in [-0.4, -0.2) is 31.7 Å². The van der Waals surface area contributed by atoms with Crippen LogP contribution in [0.3, 0.4) is 0 Å². The molecule has 0 saturated carbocycles. The van der Waals surface area contributed by atoms with Gasteiger partial charge >= 0.3 is 0 Å². The van der Waals surface area contributed by atoms with Crippen LogP contribution in [-0.2, 0) is 10.0 Å². The molecule has 0 unspecified atom stereocenters.